The van der Waals surface area contributed by atoms with Gasteiger partial charge in [0, 0.05) is 11.8 Å². The minimum atomic E-state index is -2.04. The number of hydrogen-bond donors (Lipinski definition) is 2. The molecule has 0 bridgehead atoms. The molecule has 0 unspecified atom stereocenters. The van der Waals surface area contributed by atoms with E-state index in [0.29, 0.717) is 17.4 Å². The summed E-state index contributed by atoms with van der Waals surface area (Å²) in [7, 11) is -2.04. The molecule has 1 aromatic heterocycles. The van der Waals surface area contributed by atoms with Crippen molar-refractivity contribution in [3.05, 3.63) is 59.9 Å². The minimum absolute atomic E-state index is 0.530. The van der Waals surface area contributed by atoms with Crippen molar-refractivity contribution in [2.75, 3.05) is 0 Å². The molecule has 5 nitrogen and oxygen atoms in total. The van der Waals surface area contributed by atoms with Gasteiger partial charge in [0.05, 0.1) is 29.0 Å². The molecular formula is C15H12N3O2P. The Bertz CT molecular complexity index is 819. The van der Waals surface area contributed by atoms with Crippen molar-refractivity contribution in [3.8, 4) is 6.07 Å². The van der Waals surface area contributed by atoms with Gasteiger partial charge in [-0.3, -0.25) is 0 Å². The smallest absolute Gasteiger partial charge is 0.199 e. The molecule has 0 saturated heterocycles. The molecule has 6 heteroatoms. The molecule has 21 heavy (non-hydrogen) atoms. The first-order valence-electron chi connectivity index (χ1n) is 6.29. The van der Waals surface area contributed by atoms with Crippen LogP contribution in [0.1, 0.15) is 11.1 Å². The first kappa shape index (κ1) is 13.7. The van der Waals surface area contributed by atoms with Crippen LogP contribution in [0.3, 0.4) is 0 Å². The number of hydrogen-bond acceptors (Lipinski definition) is 4. The second-order valence-electron chi connectivity index (χ2n) is 4.64. The maximum absolute atomic E-state index is 9.14. The summed E-state index contributed by atoms with van der Waals surface area (Å²) in [6.07, 6.45) is 1.74. The Morgan fingerprint density at radius 3 is 2.57 bits per heavy atom. The lowest BCUT2D eigenvalue weighted by Gasteiger charge is -2.07. The summed E-state index contributed by atoms with van der Waals surface area (Å²) >= 11 is 0. The predicted molar refractivity (Wildman–Crippen MR) is 81.0 cm³/mol. The van der Waals surface area contributed by atoms with Crippen molar-refractivity contribution in [1.29, 1.82) is 5.26 Å². The molecule has 2 N–H and O–H groups in total. The number of fused-ring (bicyclic) bond motifs is 1. The van der Waals surface area contributed by atoms with Crippen molar-refractivity contribution in [1.82, 2.24) is 9.55 Å². The summed E-state index contributed by atoms with van der Waals surface area (Å²) < 4.78 is 1.99. The molecule has 0 spiro atoms. The van der Waals surface area contributed by atoms with Gasteiger partial charge < -0.3 is 14.4 Å². The summed E-state index contributed by atoms with van der Waals surface area (Å²) in [5, 5.41) is 9.42. The van der Waals surface area contributed by atoms with Gasteiger partial charge in [0.15, 0.2) is 8.38 Å². The molecule has 3 aromatic rings. The highest BCUT2D eigenvalue weighted by Gasteiger charge is 2.06. The summed E-state index contributed by atoms with van der Waals surface area (Å²) in [6, 6.07) is 14.7. The maximum Gasteiger partial charge on any atom is 0.199 e. The van der Waals surface area contributed by atoms with Crippen LogP contribution in [0.2, 0.25) is 0 Å². The van der Waals surface area contributed by atoms with E-state index in [0.717, 1.165) is 16.6 Å². The number of nitrogens with zero attached hydrogens (tertiary/aromatic N) is 3. The molecule has 0 aliphatic rings. The van der Waals surface area contributed by atoms with Gasteiger partial charge in [0.25, 0.3) is 0 Å². The third kappa shape index (κ3) is 2.79. The number of benzene rings is 2. The van der Waals surface area contributed by atoms with Crippen molar-refractivity contribution in [3.63, 3.8) is 0 Å². The first-order chi connectivity index (χ1) is 10.2. The molecule has 0 aliphatic carbocycles. The van der Waals surface area contributed by atoms with Gasteiger partial charge in [-0.25, -0.2) is 4.98 Å². The van der Waals surface area contributed by atoms with Crippen LogP contribution in [0.5, 0.6) is 0 Å². The average Bonchev–Trinajstić information content (AvgIpc) is 2.90. The maximum atomic E-state index is 9.14. The molecular weight excluding hydrogens is 285 g/mol. The van der Waals surface area contributed by atoms with Crippen molar-refractivity contribution < 1.29 is 9.79 Å². The summed E-state index contributed by atoms with van der Waals surface area (Å²) in [5.74, 6) is 0. The van der Waals surface area contributed by atoms with E-state index < -0.39 is 8.38 Å². The fourth-order valence-corrected chi connectivity index (χ4v) is 2.61. The van der Waals surface area contributed by atoms with E-state index in [-0.39, 0.29) is 0 Å². The lowest BCUT2D eigenvalue weighted by molar-refractivity contribution is 0.497. The van der Waals surface area contributed by atoms with Crippen LogP contribution < -0.4 is 5.30 Å². The van der Waals surface area contributed by atoms with Crippen molar-refractivity contribution in [2.24, 2.45) is 0 Å². The number of imidazole rings is 1. The van der Waals surface area contributed by atoms with Crippen LogP contribution in [0.25, 0.3) is 11.0 Å². The molecule has 0 amide bonds. The molecule has 1 heterocycles. The average molecular weight is 297 g/mol. The molecule has 0 aliphatic heterocycles. The molecule has 0 saturated carbocycles. The van der Waals surface area contributed by atoms with E-state index in [1.165, 1.54) is 0 Å². The highest BCUT2D eigenvalue weighted by Crippen LogP contribution is 2.22. The van der Waals surface area contributed by atoms with Gasteiger partial charge in [-0.15, -0.1) is 0 Å². The second kappa shape index (κ2) is 5.63. The van der Waals surface area contributed by atoms with E-state index in [1.54, 1.807) is 30.6 Å². The quantitative estimate of drug-likeness (QED) is 0.723. The molecule has 3 rings (SSSR count). The molecule has 2 aromatic carbocycles. The highest BCUT2D eigenvalue weighted by molar-refractivity contribution is 7.54. The Hall–Kier alpha value is -2.25. The zero-order valence-corrected chi connectivity index (χ0v) is 11.9. The Kier molecular flexibility index (Phi) is 3.68. The summed E-state index contributed by atoms with van der Waals surface area (Å²) in [5.41, 5.74) is 3.39. The van der Waals surface area contributed by atoms with E-state index in [2.05, 4.69) is 11.1 Å². The zero-order valence-electron chi connectivity index (χ0n) is 11.0. The Balaban J connectivity index is 1.89. The third-order valence-electron chi connectivity index (χ3n) is 3.27. The van der Waals surface area contributed by atoms with Crippen LogP contribution in [0.15, 0.2) is 48.8 Å². The van der Waals surface area contributed by atoms with Crippen molar-refractivity contribution in [2.45, 2.75) is 6.54 Å². The van der Waals surface area contributed by atoms with E-state index in [1.807, 2.05) is 22.8 Å². The lowest BCUT2D eigenvalue weighted by Crippen LogP contribution is -2.02. The Labute approximate surface area is 122 Å². The Morgan fingerprint density at radius 1 is 1.14 bits per heavy atom. The number of rotatable bonds is 3. The lowest BCUT2D eigenvalue weighted by atomic mass is 10.2. The molecule has 0 atom stereocenters. The summed E-state index contributed by atoms with van der Waals surface area (Å²) in [6.45, 7) is 0.636. The number of nitriles is 1. The van der Waals surface area contributed by atoms with Gasteiger partial charge in [-0.1, -0.05) is 12.1 Å². The molecule has 104 valence electrons. The normalized spacial score (nSPS) is 11.0. The molecule has 0 radical (unpaired) electrons. The van der Waals surface area contributed by atoms with Crippen LogP contribution >= 0.6 is 8.38 Å². The minimum Gasteiger partial charge on any atom is -0.347 e. The fourth-order valence-electron chi connectivity index (χ4n) is 2.19. The van der Waals surface area contributed by atoms with Crippen LogP contribution in [-0.4, -0.2) is 19.3 Å². The van der Waals surface area contributed by atoms with E-state index in [4.69, 9.17) is 15.0 Å². The van der Waals surface area contributed by atoms with Crippen LogP contribution in [-0.2, 0) is 6.54 Å². The SMILES string of the molecule is N#Cc1ccc2c(c1)ncn2Cc1ccc(P(O)O)cc1. The van der Waals surface area contributed by atoms with Gasteiger partial charge in [0.2, 0.25) is 0 Å². The largest absolute Gasteiger partial charge is 0.347 e. The predicted octanol–water partition coefficient (Wildman–Crippen LogP) is 1.88. The van der Waals surface area contributed by atoms with Gasteiger partial charge in [-0.05, 0) is 35.9 Å². The topological polar surface area (TPSA) is 82.1 Å². The van der Waals surface area contributed by atoms with Crippen LogP contribution in [0.4, 0.5) is 0 Å². The zero-order chi connectivity index (χ0) is 14.8. The van der Waals surface area contributed by atoms with Gasteiger partial charge >= 0.3 is 0 Å². The summed E-state index contributed by atoms with van der Waals surface area (Å²) in [4.78, 5) is 22.6. The second-order valence-corrected chi connectivity index (χ2v) is 5.74. The van der Waals surface area contributed by atoms with Gasteiger partial charge in [-0.2, -0.15) is 5.26 Å². The Morgan fingerprint density at radius 2 is 1.90 bits per heavy atom. The first-order valence-corrected chi connectivity index (χ1v) is 7.54. The number of aromatic nitrogens is 2. The standard InChI is InChI=1S/C15H12N3O2P/c16-8-12-3-6-15-14(7-12)17-10-18(15)9-11-1-4-13(5-2-11)21(19)20/h1-7,10,19-20H,9H2. The van der Waals surface area contributed by atoms with E-state index >= 15 is 0 Å². The van der Waals surface area contributed by atoms with Gasteiger partial charge in [0.1, 0.15) is 0 Å². The molecule has 0 fully saturated rings. The van der Waals surface area contributed by atoms with E-state index in [9.17, 15) is 0 Å². The highest BCUT2D eigenvalue weighted by atomic mass is 31.2. The van der Waals surface area contributed by atoms with Crippen molar-refractivity contribution >= 4 is 24.7 Å². The monoisotopic (exact) mass is 297 g/mol. The fraction of sp³-hybridized carbons (Fsp3) is 0.0667. The van der Waals surface area contributed by atoms with Crippen LogP contribution in [0, 0.1) is 11.3 Å². The third-order valence-corrected chi connectivity index (χ3v) is 4.03.